The van der Waals surface area contributed by atoms with E-state index in [-0.39, 0.29) is 6.23 Å². The number of pyridine rings is 1. The summed E-state index contributed by atoms with van der Waals surface area (Å²) in [5.74, 6) is 0. The fourth-order valence-electron chi connectivity index (χ4n) is 2.09. The molecule has 0 N–H and O–H groups in total. The molecule has 1 atom stereocenters. The van der Waals surface area contributed by atoms with Crippen molar-refractivity contribution in [3.63, 3.8) is 0 Å². The lowest BCUT2D eigenvalue weighted by molar-refractivity contribution is 0.0432. The molecule has 0 radical (unpaired) electrons. The van der Waals surface area contributed by atoms with Gasteiger partial charge in [-0.05, 0) is 38.3 Å². The average molecular weight is 206 g/mol. The Kier molecular flexibility index (Phi) is 3.56. The van der Waals surface area contributed by atoms with Crippen LogP contribution in [0.1, 0.15) is 26.2 Å². The number of hydrogen-bond donors (Lipinski definition) is 0. The third kappa shape index (κ3) is 2.48. The van der Waals surface area contributed by atoms with Crippen LogP contribution in [0.25, 0.3) is 0 Å². The van der Waals surface area contributed by atoms with Crippen molar-refractivity contribution in [2.75, 3.05) is 18.1 Å². The third-order valence-electron chi connectivity index (χ3n) is 2.78. The fourth-order valence-corrected chi connectivity index (χ4v) is 2.09. The third-order valence-corrected chi connectivity index (χ3v) is 2.78. The maximum atomic E-state index is 5.75. The Morgan fingerprint density at radius 1 is 1.53 bits per heavy atom. The fraction of sp³-hybridized carbons (Fsp3) is 0.583. The number of hydrogen-bond acceptors (Lipinski definition) is 3. The van der Waals surface area contributed by atoms with Crippen LogP contribution in [0.4, 0.5) is 5.69 Å². The Hall–Kier alpha value is -1.09. The van der Waals surface area contributed by atoms with E-state index in [9.17, 15) is 0 Å². The molecule has 0 bridgehead atoms. The molecule has 0 amide bonds. The van der Waals surface area contributed by atoms with E-state index in [2.05, 4.69) is 22.9 Å². The SMILES string of the molecule is CCOC1CCCCN1c1cccnc1. The number of ether oxygens (including phenoxy) is 1. The predicted octanol–water partition coefficient (Wildman–Crippen LogP) is 2.43. The van der Waals surface area contributed by atoms with Crippen molar-refractivity contribution in [3.8, 4) is 0 Å². The number of rotatable bonds is 3. The monoisotopic (exact) mass is 206 g/mol. The van der Waals surface area contributed by atoms with Gasteiger partial charge in [-0.25, -0.2) is 0 Å². The van der Waals surface area contributed by atoms with Gasteiger partial charge in [-0.3, -0.25) is 4.98 Å². The summed E-state index contributed by atoms with van der Waals surface area (Å²) in [6.07, 6.45) is 7.61. The molecule has 1 saturated heterocycles. The van der Waals surface area contributed by atoms with Gasteiger partial charge in [0.05, 0.1) is 11.9 Å². The summed E-state index contributed by atoms with van der Waals surface area (Å²) in [6, 6.07) is 4.08. The van der Waals surface area contributed by atoms with Crippen molar-refractivity contribution < 1.29 is 4.74 Å². The summed E-state index contributed by atoms with van der Waals surface area (Å²) < 4.78 is 5.75. The Bertz CT molecular complexity index is 287. The van der Waals surface area contributed by atoms with Crippen LogP contribution in [-0.2, 0) is 4.74 Å². The van der Waals surface area contributed by atoms with Crippen molar-refractivity contribution >= 4 is 5.69 Å². The van der Waals surface area contributed by atoms with E-state index in [1.807, 2.05) is 18.5 Å². The van der Waals surface area contributed by atoms with Gasteiger partial charge in [0, 0.05) is 19.3 Å². The second kappa shape index (κ2) is 5.12. The zero-order valence-corrected chi connectivity index (χ0v) is 9.22. The van der Waals surface area contributed by atoms with Gasteiger partial charge in [-0.15, -0.1) is 0 Å². The Balaban J connectivity index is 2.11. The molecule has 1 aliphatic heterocycles. The molecule has 0 spiro atoms. The molecule has 0 aromatic carbocycles. The maximum Gasteiger partial charge on any atom is 0.130 e. The Morgan fingerprint density at radius 2 is 2.47 bits per heavy atom. The molecule has 1 aromatic heterocycles. The molecule has 15 heavy (non-hydrogen) atoms. The van der Waals surface area contributed by atoms with Crippen LogP contribution in [0, 0.1) is 0 Å². The first-order valence-corrected chi connectivity index (χ1v) is 5.70. The van der Waals surface area contributed by atoms with Crippen LogP contribution >= 0.6 is 0 Å². The summed E-state index contributed by atoms with van der Waals surface area (Å²) in [5, 5.41) is 0. The van der Waals surface area contributed by atoms with Crippen LogP contribution in [-0.4, -0.2) is 24.4 Å². The predicted molar refractivity (Wildman–Crippen MR) is 60.8 cm³/mol. The summed E-state index contributed by atoms with van der Waals surface area (Å²) in [6.45, 7) is 3.91. The minimum absolute atomic E-state index is 0.243. The lowest BCUT2D eigenvalue weighted by atomic mass is 10.1. The first kappa shape index (κ1) is 10.4. The van der Waals surface area contributed by atoms with Crippen molar-refractivity contribution in [1.29, 1.82) is 0 Å². The smallest absolute Gasteiger partial charge is 0.130 e. The van der Waals surface area contributed by atoms with Crippen molar-refractivity contribution in [1.82, 2.24) is 4.98 Å². The van der Waals surface area contributed by atoms with Gasteiger partial charge in [0.25, 0.3) is 0 Å². The molecule has 3 heteroatoms. The number of aromatic nitrogens is 1. The summed E-state index contributed by atoms with van der Waals surface area (Å²) in [5.41, 5.74) is 1.18. The van der Waals surface area contributed by atoms with Gasteiger partial charge in [-0.1, -0.05) is 0 Å². The summed E-state index contributed by atoms with van der Waals surface area (Å²) >= 11 is 0. The minimum atomic E-state index is 0.243. The zero-order chi connectivity index (χ0) is 10.5. The van der Waals surface area contributed by atoms with Crippen LogP contribution in [0.3, 0.4) is 0 Å². The van der Waals surface area contributed by atoms with Gasteiger partial charge in [0.2, 0.25) is 0 Å². The second-order valence-corrected chi connectivity index (χ2v) is 3.81. The van der Waals surface area contributed by atoms with Gasteiger partial charge in [-0.2, -0.15) is 0 Å². The highest BCUT2D eigenvalue weighted by atomic mass is 16.5. The van der Waals surface area contributed by atoms with Crippen LogP contribution < -0.4 is 4.90 Å². The van der Waals surface area contributed by atoms with Crippen LogP contribution in [0.2, 0.25) is 0 Å². The normalized spacial score (nSPS) is 21.7. The molecule has 1 aliphatic rings. The molecule has 1 aromatic rings. The molecule has 2 heterocycles. The van der Waals surface area contributed by atoms with E-state index in [0.717, 1.165) is 19.6 Å². The van der Waals surface area contributed by atoms with Crippen molar-refractivity contribution in [2.45, 2.75) is 32.4 Å². The highest BCUT2D eigenvalue weighted by Gasteiger charge is 2.22. The molecular weight excluding hydrogens is 188 g/mol. The molecule has 82 valence electrons. The molecule has 3 nitrogen and oxygen atoms in total. The zero-order valence-electron chi connectivity index (χ0n) is 9.22. The largest absolute Gasteiger partial charge is 0.359 e. The van der Waals surface area contributed by atoms with E-state index in [1.165, 1.54) is 18.5 Å². The van der Waals surface area contributed by atoms with E-state index < -0.39 is 0 Å². The summed E-state index contributed by atoms with van der Waals surface area (Å²) in [7, 11) is 0. The number of anilines is 1. The van der Waals surface area contributed by atoms with Crippen LogP contribution in [0.5, 0.6) is 0 Å². The average Bonchev–Trinajstić information content (AvgIpc) is 2.31. The van der Waals surface area contributed by atoms with E-state index in [0.29, 0.717) is 0 Å². The van der Waals surface area contributed by atoms with Crippen molar-refractivity contribution in [2.24, 2.45) is 0 Å². The maximum absolute atomic E-state index is 5.75. The molecule has 0 aliphatic carbocycles. The van der Waals surface area contributed by atoms with Crippen molar-refractivity contribution in [3.05, 3.63) is 24.5 Å². The molecular formula is C12H18N2O. The highest BCUT2D eigenvalue weighted by Crippen LogP contribution is 2.24. The van der Waals surface area contributed by atoms with Gasteiger partial charge in [0.1, 0.15) is 6.23 Å². The van der Waals surface area contributed by atoms with Gasteiger partial charge < -0.3 is 9.64 Å². The Morgan fingerprint density at radius 3 is 3.20 bits per heavy atom. The van der Waals surface area contributed by atoms with Gasteiger partial charge in [0.15, 0.2) is 0 Å². The molecule has 2 rings (SSSR count). The lowest BCUT2D eigenvalue weighted by Gasteiger charge is -2.36. The lowest BCUT2D eigenvalue weighted by Crippen LogP contribution is -2.41. The van der Waals surface area contributed by atoms with E-state index in [1.54, 1.807) is 0 Å². The van der Waals surface area contributed by atoms with Crippen LogP contribution in [0.15, 0.2) is 24.5 Å². The summed E-state index contributed by atoms with van der Waals surface area (Å²) in [4.78, 5) is 6.48. The van der Waals surface area contributed by atoms with Gasteiger partial charge >= 0.3 is 0 Å². The standard InChI is InChI=1S/C12H18N2O/c1-2-15-12-7-3-4-9-14(12)11-6-5-8-13-10-11/h5-6,8,10,12H,2-4,7,9H2,1H3. The minimum Gasteiger partial charge on any atom is -0.359 e. The Labute approximate surface area is 91.1 Å². The molecule has 0 saturated carbocycles. The first-order chi connectivity index (χ1) is 7.42. The quantitative estimate of drug-likeness (QED) is 0.759. The first-order valence-electron chi connectivity index (χ1n) is 5.70. The number of piperidine rings is 1. The molecule has 1 unspecified atom stereocenters. The van der Waals surface area contributed by atoms with E-state index >= 15 is 0 Å². The van der Waals surface area contributed by atoms with E-state index in [4.69, 9.17) is 4.74 Å². The molecule has 1 fully saturated rings. The number of nitrogens with zero attached hydrogens (tertiary/aromatic N) is 2. The second-order valence-electron chi connectivity index (χ2n) is 3.81. The highest BCUT2D eigenvalue weighted by molar-refractivity contribution is 5.44. The topological polar surface area (TPSA) is 25.4 Å².